The Balaban J connectivity index is 0.000000138. The van der Waals surface area contributed by atoms with Crippen molar-refractivity contribution in [1.29, 1.82) is 0 Å². The van der Waals surface area contributed by atoms with Crippen LogP contribution in [0.3, 0.4) is 0 Å². The minimum atomic E-state index is -0.654. The molecule has 33 heteroatoms. The Morgan fingerprint density at radius 3 is 0.862 bits per heavy atom. The van der Waals surface area contributed by atoms with E-state index < -0.39 is 5.41 Å². The molecule has 0 unspecified atom stereocenters. The Kier molecular flexibility index (Phi) is 34.8. The Morgan fingerprint density at radius 2 is 0.607 bits per heavy atom. The van der Waals surface area contributed by atoms with Crippen LogP contribution in [0.25, 0.3) is 67.0 Å². The van der Waals surface area contributed by atoms with Crippen LogP contribution in [-0.2, 0) is 42.9 Å². The van der Waals surface area contributed by atoms with Gasteiger partial charge in [0.2, 0.25) is 65.2 Å². The summed E-state index contributed by atoms with van der Waals surface area (Å²) >= 11 is 0. The molecule has 7 fully saturated rings. The van der Waals surface area contributed by atoms with Crippen molar-refractivity contribution in [2.45, 2.75) is 392 Å². The molecule has 7 aliphatic rings. The Morgan fingerprint density at radius 1 is 0.345 bits per heavy atom. The Hall–Kier alpha value is -11.6. The number of rotatable bonds is 29. The van der Waals surface area contributed by atoms with Crippen LogP contribution in [-0.4, -0.2) is 166 Å². The van der Waals surface area contributed by atoms with Crippen LogP contribution in [0, 0.1) is 70.1 Å². The number of nitrogens with zero attached hydrogens (tertiary/aromatic N) is 18. The summed E-state index contributed by atoms with van der Waals surface area (Å²) < 4.78 is 35.5. The lowest BCUT2D eigenvalue weighted by Gasteiger charge is -2.31. The zero-order valence-corrected chi connectivity index (χ0v) is 91.1. The van der Waals surface area contributed by atoms with Crippen molar-refractivity contribution >= 4 is 132 Å². The van der Waals surface area contributed by atoms with Gasteiger partial charge in [-0.05, 0) is 357 Å². The molecule has 2 atom stereocenters. The number of amides is 5. The summed E-state index contributed by atoms with van der Waals surface area (Å²) in [6.07, 6.45) is 28.4. The first-order chi connectivity index (χ1) is 68.5. The number of ether oxygens (including phenoxy) is 4. The number of hydrogen-bond donors (Lipinski definition) is 6. The highest BCUT2D eigenvalue weighted by atomic mass is 16.5. The maximum absolute atomic E-state index is 12.9. The molecule has 145 heavy (non-hydrogen) atoms. The summed E-state index contributed by atoms with van der Waals surface area (Å²) in [5.74, 6) is 3.89. The maximum Gasteiger partial charge on any atom is 0.234 e. The van der Waals surface area contributed by atoms with Crippen molar-refractivity contribution < 1.29 is 42.9 Å². The summed E-state index contributed by atoms with van der Waals surface area (Å²) in [5.41, 5.74) is 15.8. The summed E-state index contributed by atoms with van der Waals surface area (Å²) in [7, 11) is 1.67. The fourth-order valence-electron chi connectivity index (χ4n) is 18.2. The number of aromatic nitrogens is 18. The van der Waals surface area contributed by atoms with E-state index >= 15 is 0 Å². The van der Waals surface area contributed by atoms with Crippen molar-refractivity contribution in [3.8, 4) is 0 Å². The lowest BCUT2D eigenvalue weighted by molar-refractivity contribution is -0.131. The smallest absolute Gasteiger partial charge is 0.234 e. The van der Waals surface area contributed by atoms with Crippen LogP contribution >= 0.6 is 0 Å². The van der Waals surface area contributed by atoms with Gasteiger partial charge in [-0.3, -0.25) is 78.0 Å². The third-order valence-corrected chi connectivity index (χ3v) is 28.3. The van der Waals surface area contributed by atoms with E-state index in [9.17, 15) is 24.0 Å². The highest BCUT2D eigenvalue weighted by molar-refractivity contribution is 5.97. The van der Waals surface area contributed by atoms with E-state index in [1.165, 1.54) is 77.0 Å². The molecule has 5 amide bonds. The molecule has 33 nitrogen and oxygen atoms in total. The maximum atomic E-state index is 12.9. The molecule has 0 spiro atoms. The molecule has 12 heterocycles. The van der Waals surface area contributed by atoms with Gasteiger partial charge >= 0.3 is 0 Å². The standard InChI is InChI=1S/C20H30N4O2.2C19H28N4O2.C18H26N4O2.C18H24N4O.C18H26N4/c1-13-10-11-15-16(21-13)24(14-8-7-9-14)18(22-15)23-17(25)20(5,6)12-26-19(2,3)4;2*1-12(11-25-19(3,4)5)17(24)22-18-21-15-10-9-13(2)20-16(15)23(18)14-7-6-8-14;1-12-8-9-14-16(19-12)22(13-6-5-7-13)17(20-14)21-15(23)10-11-18(2,3)24-4;1-12-9-10-15-17(19-12)22(14-7-4-8-14)18(20-15)21-16(23)11-13-5-2-3-6-13;1-12-9-10-15-16(19-12)22(14-7-6-8-14)17(21-15)20-13(2)11-18(3,4)5/h10-11,14H,7-9,12H2,1-6H3,(H,22,23,25);2*9-10,12,14H,6-8,11H2,1-5H3,(H,21,22,24);8-9,13H,5-7,10-11H2,1-4H3,(H,20,21,23);9-10,13-14H,2-8,11H2,1H3,(H,20,21,23);9-10,14H,2,6-8,11H2,1,3-5H3,(H,20,21)/t;2*12-;;;/m.10.../s1. The summed E-state index contributed by atoms with van der Waals surface area (Å²) in [6, 6.07) is 26.2. The van der Waals surface area contributed by atoms with Gasteiger partial charge in [-0.15, -0.1) is 0 Å². The molecule has 12 aromatic heterocycles. The molecule has 6 N–H and O–H groups in total. The second kappa shape index (κ2) is 46.2. The fourth-order valence-corrected chi connectivity index (χ4v) is 18.2. The fraction of sp³-hybridized carbons (Fsp3) is 0.616. The van der Waals surface area contributed by atoms with Crippen molar-refractivity contribution in [2.75, 3.05) is 58.8 Å². The molecule has 0 bridgehead atoms. The number of nitrogens with one attached hydrogen (secondary N) is 6. The molecule has 0 radical (unpaired) electrons. The normalized spacial score (nSPS) is 16.6. The molecular formula is C112H162N24O9. The second-order valence-electron chi connectivity index (χ2n) is 46.9. The first-order valence-electron chi connectivity index (χ1n) is 53.1. The summed E-state index contributed by atoms with van der Waals surface area (Å²) in [6.45, 7) is 53.3. The molecule has 7 aliphatic carbocycles. The van der Waals surface area contributed by atoms with E-state index in [0.29, 0.717) is 111 Å². The van der Waals surface area contributed by atoms with Crippen LogP contribution in [0.2, 0.25) is 0 Å². The Bertz CT molecular complexity index is 6420. The van der Waals surface area contributed by atoms with E-state index in [2.05, 4.69) is 143 Å². The van der Waals surface area contributed by atoms with Crippen LogP contribution in [0.1, 0.15) is 362 Å². The van der Waals surface area contributed by atoms with Crippen molar-refractivity contribution in [2.24, 2.45) is 28.6 Å². The molecule has 7 saturated carbocycles. The minimum absolute atomic E-state index is 0.0345. The summed E-state index contributed by atoms with van der Waals surface area (Å²) in [4.78, 5) is 119. The first kappa shape index (κ1) is 109. The van der Waals surface area contributed by atoms with E-state index in [-0.39, 0.29) is 69.2 Å². The monoisotopic (exact) mass is 1990 g/mol. The van der Waals surface area contributed by atoms with Crippen LogP contribution in [0.5, 0.6) is 0 Å². The number of hydrogen-bond acceptors (Lipinski definition) is 22. The number of methoxy groups -OCH3 is 1. The second-order valence-corrected chi connectivity index (χ2v) is 46.9. The zero-order valence-electron chi connectivity index (χ0n) is 91.1. The van der Waals surface area contributed by atoms with Crippen LogP contribution in [0.15, 0.2) is 85.1 Å². The van der Waals surface area contributed by atoms with Gasteiger partial charge in [0.25, 0.3) is 0 Å². The number of carbonyl (C=O) groups is 5. The molecular weight excluding hydrogens is 1830 g/mol. The van der Waals surface area contributed by atoms with Gasteiger partial charge in [0.15, 0.2) is 33.9 Å². The highest BCUT2D eigenvalue weighted by Crippen LogP contribution is 2.45. The molecule has 784 valence electrons. The quantitative estimate of drug-likeness (QED) is 0.0253. The number of anilines is 6. The third kappa shape index (κ3) is 28.7. The van der Waals surface area contributed by atoms with E-state index in [1.807, 2.05) is 212 Å². The SMILES string of the molecule is C=C(CC(C)(C)C)Nc1nc2ccc(C)nc2n1C1CCC1.COC(C)(C)CCC(=O)Nc1nc2ccc(C)nc2n1C1CCC1.Cc1ccc2nc(NC(=O)C(C)(C)COC(C)(C)C)n(C3CCC3)c2n1.Cc1ccc2nc(NC(=O)CC3CCCC3)n(C3CCC3)c2n1.Cc1ccc2nc(NC(=O)[C@@H](C)COC(C)(C)C)n(C3CCC3)c2n1.Cc1ccc2nc(NC(=O)[C@H](C)COC(C)(C)C)n(C3CCC3)c2n1. The van der Waals surface area contributed by atoms with E-state index in [0.717, 1.165) is 183 Å². The molecule has 0 saturated heterocycles. The van der Waals surface area contributed by atoms with Gasteiger partial charge in [-0.25, -0.2) is 59.8 Å². The number of fused-ring (bicyclic) bond motifs is 6. The van der Waals surface area contributed by atoms with Gasteiger partial charge in [-0.1, -0.05) is 54.0 Å². The van der Waals surface area contributed by atoms with Crippen molar-refractivity contribution in [3.63, 3.8) is 0 Å². The average Bonchev–Trinajstić information content (AvgIpc) is 1.65. The number of allylic oxidation sites excluding steroid dienone is 1. The highest BCUT2D eigenvalue weighted by Gasteiger charge is 2.38. The zero-order chi connectivity index (χ0) is 105. The molecule has 0 aromatic carbocycles. The number of pyridine rings is 6. The van der Waals surface area contributed by atoms with Crippen molar-refractivity contribution in [3.05, 3.63) is 119 Å². The van der Waals surface area contributed by atoms with Gasteiger partial charge in [-0.2, -0.15) is 0 Å². The predicted octanol–water partition coefficient (Wildman–Crippen LogP) is 24.4. The third-order valence-electron chi connectivity index (χ3n) is 28.3. The first-order valence-corrected chi connectivity index (χ1v) is 53.1. The van der Waals surface area contributed by atoms with E-state index in [4.69, 9.17) is 28.9 Å². The van der Waals surface area contributed by atoms with E-state index in [1.54, 1.807) is 7.11 Å². The average molecular weight is 1990 g/mol. The van der Waals surface area contributed by atoms with Crippen molar-refractivity contribution in [1.82, 2.24) is 87.2 Å². The number of imidazole rings is 6. The number of aryl methyl sites for hydroxylation is 6. The predicted molar refractivity (Wildman–Crippen MR) is 577 cm³/mol. The largest absolute Gasteiger partial charge is 0.379 e. The van der Waals surface area contributed by atoms with Gasteiger partial charge < -0.3 is 24.3 Å². The summed E-state index contributed by atoms with van der Waals surface area (Å²) in [5, 5.41) is 18.5. The minimum Gasteiger partial charge on any atom is -0.379 e. The lowest BCUT2D eigenvalue weighted by Crippen LogP contribution is -2.38. The van der Waals surface area contributed by atoms with Crippen LogP contribution < -0.4 is 31.9 Å². The molecule has 0 aliphatic heterocycles. The Labute approximate surface area is 856 Å². The molecule has 12 aromatic rings. The van der Waals surface area contributed by atoms with Gasteiger partial charge in [0, 0.05) is 96.1 Å². The van der Waals surface area contributed by atoms with Gasteiger partial charge in [0.1, 0.15) is 33.1 Å². The molecule has 19 rings (SSSR count). The number of carbonyl (C=O) groups excluding carboxylic acids is 5. The topological polar surface area (TPSA) is 379 Å². The van der Waals surface area contributed by atoms with Gasteiger partial charge in [0.05, 0.1) is 59.5 Å². The lowest BCUT2D eigenvalue weighted by atomic mass is 9.91. The van der Waals surface area contributed by atoms with Crippen LogP contribution in [0.4, 0.5) is 35.7 Å².